The summed E-state index contributed by atoms with van der Waals surface area (Å²) >= 11 is 0. The number of Topliss-reactive ketones (excluding diaryl/α,β-unsaturated/α-hetero) is 2. The first kappa shape index (κ1) is 27.4. The van der Waals surface area contributed by atoms with Crippen molar-refractivity contribution in [2.45, 2.75) is 53.4 Å². The monoisotopic (exact) mass is 562 g/mol. The third kappa shape index (κ3) is 3.82. The van der Waals surface area contributed by atoms with E-state index < -0.39 is 53.4 Å². The maximum absolute atomic E-state index is 13.4. The molecule has 10 heteroatoms. The first-order valence-electron chi connectivity index (χ1n) is 12.9. The average Bonchev–Trinajstić information content (AvgIpc) is 3.27. The second-order valence-corrected chi connectivity index (χ2v) is 15.7. The van der Waals surface area contributed by atoms with Gasteiger partial charge in [0, 0.05) is 11.1 Å². The van der Waals surface area contributed by atoms with E-state index in [4.69, 9.17) is 0 Å². The van der Waals surface area contributed by atoms with E-state index in [-0.39, 0.29) is 23.4 Å². The van der Waals surface area contributed by atoms with Gasteiger partial charge in [0.2, 0.25) is 0 Å². The van der Waals surface area contributed by atoms with E-state index in [9.17, 15) is 35.5 Å². The van der Waals surface area contributed by atoms with Crippen LogP contribution in [0.2, 0.25) is 0 Å². The molecular formula is C28H34O8S2. The topological polar surface area (TPSA) is 143 Å². The number of hydrogen-bond donors (Lipinski definition) is 2. The van der Waals surface area contributed by atoms with Crippen molar-refractivity contribution in [3.63, 3.8) is 0 Å². The Balaban J connectivity index is 1.44. The third-order valence-corrected chi connectivity index (χ3v) is 12.2. The van der Waals surface area contributed by atoms with E-state index in [0.717, 1.165) is 11.1 Å². The molecule has 4 bridgehead atoms. The molecule has 0 spiro atoms. The molecule has 5 rings (SSSR count). The van der Waals surface area contributed by atoms with Crippen LogP contribution in [0.5, 0.6) is 0 Å². The standard InChI is InChI=1S/C28H34O8S2/c1-25(2)21-9-11-27(25,15-37(31,32)33)23(29)19(21)13-17-5-7-18(8-6-17)14-20-22-10-12-28(24(20)30,26(22,3)4)16-38(34,35)36/h5-8,13-14,21-22H,9-12,15-16H2,1-4H3,(H,31,32,33)(H,34,35,36)/b19-13+,20-14+/t21-,22-,27-,28-/m0/s1. The molecule has 38 heavy (non-hydrogen) atoms. The minimum atomic E-state index is -4.33. The van der Waals surface area contributed by atoms with Gasteiger partial charge in [-0.05, 0) is 71.6 Å². The van der Waals surface area contributed by atoms with Gasteiger partial charge in [0.1, 0.15) is 0 Å². The number of rotatable bonds is 6. The lowest BCUT2D eigenvalue weighted by molar-refractivity contribution is -0.125. The number of carbonyl (C=O) groups is 2. The molecule has 8 nitrogen and oxygen atoms in total. The third-order valence-electron chi connectivity index (χ3n) is 10.5. The summed E-state index contributed by atoms with van der Waals surface area (Å²) in [6, 6.07) is 7.33. The van der Waals surface area contributed by atoms with Crippen LogP contribution in [0.15, 0.2) is 35.4 Å². The van der Waals surface area contributed by atoms with E-state index in [1.807, 2.05) is 52.0 Å². The van der Waals surface area contributed by atoms with Gasteiger partial charge in [-0.15, -0.1) is 0 Å². The van der Waals surface area contributed by atoms with Crippen LogP contribution in [0, 0.1) is 33.5 Å². The van der Waals surface area contributed by atoms with Crippen molar-refractivity contribution in [3.05, 3.63) is 46.5 Å². The Kier molecular flexibility index (Phi) is 5.91. The van der Waals surface area contributed by atoms with Crippen LogP contribution < -0.4 is 0 Å². The normalized spacial score (nSPS) is 35.6. The number of fused-ring (bicyclic) bond motifs is 4. The number of carbonyl (C=O) groups excluding carboxylic acids is 2. The van der Waals surface area contributed by atoms with Gasteiger partial charge in [-0.25, -0.2) is 0 Å². The van der Waals surface area contributed by atoms with Gasteiger partial charge >= 0.3 is 0 Å². The summed E-state index contributed by atoms with van der Waals surface area (Å²) in [6.45, 7) is 7.58. The molecule has 2 N–H and O–H groups in total. The Labute approximate surface area is 224 Å². The Morgan fingerprint density at radius 2 is 1.03 bits per heavy atom. The van der Waals surface area contributed by atoms with Gasteiger partial charge in [-0.3, -0.25) is 18.7 Å². The van der Waals surface area contributed by atoms with Crippen molar-refractivity contribution < 1.29 is 35.5 Å². The fourth-order valence-corrected chi connectivity index (χ4v) is 10.8. The van der Waals surface area contributed by atoms with Crippen molar-refractivity contribution >= 4 is 44.0 Å². The van der Waals surface area contributed by atoms with Crippen molar-refractivity contribution in [3.8, 4) is 0 Å². The molecule has 206 valence electrons. The smallest absolute Gasteiger partial charge is 0.265 e. The Bertz CT molecular complexity index is 1400. The van der Waals surface area contributed by atoms with Crippen molar-refractivity contribution in [1.82, 2.24) is 0 Å². The van der Waals surface area contributed by atoms with Gasteiger partial charge < -0.3 is 0 Å². The molecule has 1 aromatic rings. The summed E-state index contributed by atoms with van der Waals surface area (Å²) in [6.07, 6.45) is 5.80. The van der Waals surface area contributed by atoms with E-state index in [1.165, 1.54) is 0 Å². The lowest BCUT2D eigenvalue weighted by Crippen LogP contribution is -2.42. The second-order valence-electron chi connectivity index (χ2n) is 12.8. The maximum atomic E-state index is 13.4. The predicted molar refractivity (Wildman–Crippen MR) is 143 cm³/mol. The quantitative estimate of drug-likeness (QED) is 0.387. The summed E-state index contributed by atoms with van der Waals surface area (Å²) < 4.78 is 66.1. The summed E-state index contributed by atoms with van der Waals surface area (Å²) in [7, 11) is -8.66. The molecule has 4 aliphatic rings. The van der Waals surface area contributed by atoms with Gasteiger partial charge in [0.05, 0.1) is 22.3 Å². The highest BCUT2D eigenvalue weighted by Gasteiger charge is 2.68. The maximum Gasteiger partial charge on any atom is 0.265 e. The zero-order valence-electron chi connectivity index (χ0n) is 22.0. The van der Waals surface area contributed by atoms with Crippen LogP contribution >= 0.6 is 0 Å². The fraction of sp³-hybridized carbons (Fsp3) is 0.571. The zero-order chi connectivity index (χ0) is 28.1. The molecule has 0 aromatic heterocycles. The Morgan fingerprint density at radius 3 is 1.32 bits per heavy atom. The number of ketones is 2. The molecule has 0 aliphatic heterocycles. The summed E-state index contributed by atoms with van der Waals surface area (Å²) in [5, 5.41) is 0. The molecule has 0 amide bonds. The lowest BCUT2D eigenvalue weighted by atomic mass is 9.70. The molecule has 0 radical (unpaired) electrons. The second kappa shape index (κ2) is 8.19. The molecule has 4 atom stereocenters. The highest BCUT2D eigenvalue weighted by atomic mass is 32.2. The SMILES string of the molecule is CC1(C)[C@H]2CC[C@]1(CS(=O)(=O)O)C(=O)/C2=C/c1ccc(/C=C2/C(=O)[C@@]3(CS(=O)(=O)O)CC[C@@H]2C3(C)C)cc1. The minimum absolute atomic E-state index is 0.105. The average molecular weight is 563 g/mol. The van der Waals surface area contributed by atoms with E-state index in [2.05, 4.69) is 0 Å². The minimum Gasteiger partial charge on any atom is -0.294 e. The number of allylic oxidation sites excluding steroid dienone is 2. The first-order chi connectivity index (χ1) is 17.3. The summed E-state index contributed by atoms with van der Waals surface area (Å²) in [5.41, 5.74) is -0.762. The van der Waals surface area contributed by atoms with Crippen LogP contribution in [0.1, 0.15) is 64.5 Å². The molecular weight excluding hydrogens is 528 g/mol. The Morgan fingerprint density at radius 1 is 0.711 bits per heavy atom. The zero-order valence-corrected chi connectivity index (χ0v) is 23.7. The molecule has 4 saturated carbocycles. The number of hydrogen-bond acceptors (Lipinski definition) is 6. The predicted octanol–water partition coefficient (Wildman–Crippen LogP) is 4.24. The van der Waals surface area contributed by atoms with Crippen molar-refractivity contribution in [2.24, 2.45) is 33.5 Å². The van der Waals surface area contributed by atoms with E-state index in [1.54, 1.807) is 12.2 Å². The van der Waals surface area contributed by atoms with Crippen LogP contribution in [0.4, 0.5) is 0 Å². The molecule has 0 heterocycles. The van der Waals surface area contributed by atoms with E-state index >= 15 is 0 Å². The van der Waals surface area contributed by atoms with Crippen LogP contribution in [-0.4, -0.2) is 49.0 Å². The molecule has 4 fully saturated rings. The Hall–Kier alpha value is -2.14. The summed E-state index contributed by atoms with van der Waals surface area (Å²) in [5.74, 6) is -1.80. The lowest BCUT2D eigenvalue weighted by Gasteiger charge is -2.34. The highest BCUT2D eigenvalue weighted by Crippen LogP contribution is 2.67. The van der Waals surface area contributed by atoms with Gasteiger partial charge in [0.25, 0.3) is 20.2 Å². The molecule has 1 aromatic carbocycles. The van der Waals surface area contributed by atoms with Gasteiger partial charge in [0.15, 0.2) is 11.6 Å². The molecule has 0 unspecified atom stereocenters. The van der Waals surface area contributed by atoms with Crippen molar-refractivity contribution in [2.75, 3.05) is 11.5 Å². The highest BCUT2D eigenvalue weighted by molar-refractivity contribution is 7.86. The van der Waals surface area contributed by atoms with Gasteiger partial charge in [-0.2, -0.15) is 16.8 Å². The number of benzene rings is 1. The van der Waals surface area contributed by atoms with Gasteiger partial charge in [-0.1, -0.05) is 52.0 Å². The van der Waals surface area contributed by atoms with Crippen molar-refractivity contribution in [1.29, 1.82) is 0 Å². The largest absolute Gasteiger partial charge is 0.294 e. The van der Waals surface area contributed by atoms with Crippen LogP contribution in [0.3, 0.4) is 0 Å². The molecule has 0 saturated heterocycles. The molecule has 4 aliphatic carbocycles. The van der Waals surface area contributed by atoms with E-state index in [0.29, 0.717) is 36.8 Å². The fourth-order valence-electron chi connectivity index (χ4n) is 8.23. The summed E-state index contributed by atoms with van der Waals surface area (Å²) in [4.78, 5) is 26.9. The van der Waals surface area contributed by atoms with Crippen LogP contribution in [0.25, 0.3) is 12.2 Å². The first-order valence-corrected chi connectivity index (χ1v) is 16.1. The van der Waals surface area contributed by atoms with Crippen LogP contribution in [-0.2, 0) is 29.8 Å².